The summed E-state index contributed by atoms with van der Waals surface area (Å²) in [5.41, 5.74) is 2.20. The quantitative estimate of drug-likeness (QED) is 0.868. The van der Waals surface area contributed by atoms with Gasteiger partial charge in [0.05, 0.1) is 4.90 Å². The Kier molecular flexibility index (Phi) is 5.44. The van der Waals surface area contributed by atoms with Crippen LogP contribution in [0.3, 0.4) is 0 Å². The first-order chi connectivity index (χ1) is 12.4. The first-order valence-electron chi connectivity index (χ1n) is 8.84. The molecule has 1 N–H and O–H groups in total. The van der Waals surface area contributed by atoms with Crippen molar-refractivity contribution in [2.24, 2.45) is 0 Å². The van der Waals surface area contributed by atoms with Crippen molar-refractivity contribution in [2.75, 3.05) is 12.4 Å². The summed E-state index contributed by atoms with van der Waals surface area (Å²) in [6, 6.07) is 13.7. The lowest BCUT2D eigenvalue weighted by molar-refractivity contribution is 0.102. The van der Waals surface area contributed by atoms with Crippen LogP contribution in [0.25, 0.3) is 0 Å². The summed E-state index contributed by atoms with van der Waals surface area (Å²) in [4.78, 5) is 12.6. The number of anilines is 1. The molecule has 0 saturated heterocycles. The Hall–Kier alpha value is -2.18. The molecule has 1 aliphatic rings. The number of hydrogen-bond acceptors (Lipinski definition) is 3. The molecule has 2 aromatic carbocycles. The van der Waals surface area contributed by atoms with Crippen LogP contribution in [0.2, 0.25) is 0 Å². The Labute approximate surface area is 155 Å². The van der Waals surface area contributed by atoms with E-state index in [4.69, 9.17) is 0 Å². The number of benzene rings is 2. The normalized spacial score (nSPS) is 15.3. The van der Waals surface area contributed by atoms with Gasteiger partial charge in [0.25, 0.3) is 5.91 Å². The van der Waals surface area contributed by atoms with Crippen LogP contribution >= 0.6 is 0 Å². The topological polar surface area (TPSA) is 66.5 Å². The second-order valence-electron chi connectivity index (χ2n) is 6.81. The zero-order valence-corrected chi connectivity index (χ0v) is 15.9. The molecular weight excluding hydrogens is 348 g/mol. The number of rotatable bonds is 5. The van der Waals surface area contributed by atoms with Crippen molar-refractivity contribution in [3.8, 4) is 0 Å². The van der Waals surface area contributed by atoms with Crippen LogP contribution < -0.4 is 5.32 Å². The highest BCUT2D eigenvalue weighted by atomic mass is 32.2. The Morgan fingerprint density at radius 2 is 1.73 bits per heavy atom. The molecule has 0 atom stereocenters. The van der Waals surface area contributed by atoms with E-state index in [1.807, 2.05) is 31.2 Å². The van der Waals surface area contributed by atoms with E-state index in [2.05, 4.69) is 5.32 Å². The monoisotopic (exact) mass is 372 g/mol. The van der Waals surface area contributed by atoms with Crippen LogP contribution in [0.1, 0.15) is 41.6 Å². The fraction of sp³-hybridized carbons (Fsp3) is 0.350. The third kappa shape index (κ3) is 3.97. The van der Waals surface area contributed by atoms with Crippen molar-refractivity contribution in [1.82, 2.24) is 4.31 Å². The summed E-state index contributed by atoms with van der Waals surface area (Å²) in [5.74, 6) is -0.260. The van der Waals surface area contributed by atoms with Crippen LogP contribution in [-0.2, 0) is 10.0 Å². The van der Waals surface area contributed by atoms with Crippen LogP contribution in [0, 0.1) is 6.92 Å². The van der Waals surface area contributed by atoms with E-state index < -0.39 is 10.0 Å². The van der Waals surface area contributed by atoms with Gasteiger partial charge in [-0.2, -0.15) is 4.31 Å². The molecule has 1 fully saturated rings. The highest BCUT2D eigenvalue weighted by molar-refractivity contribution is 7.89. The van der Waals surface area contributed by atoms with E-state index in [9.17, 15) is 13.2 Å². The zero-order chi connectivity index (χ0) is 18.7. The average Bonchev–Trinajstić information content (AvgIpc) is 3.15. The number of carbonyl (C=O) groups is 1. The van der Waals surface area contributed by atoms with Crippen LogP contribution in [-0.4, -0.2) is 31.7 Å². The molecule has 0 aromatic heterocycles. The summed E-state index contributed by atoms with van der Waals surface area (Å²) in [6.07, 6.45) is 3.96. The molecule has 0 radical (unpaired) electrons. The molecular formula is C20H24N2O3S. The molecule has 0 aliphatic heterocycles. The summed E-state index contributed by atoms with van der Waals surface area (Å²) >= 11 is 0. The van der Waals surface area contributed by atoms with Crippen molar-refractivity contribution >= 4 is 21.6 Å². The fourth-order valence-electron chi connectivity index (χ4n) is 3.33. The van der Waals surface area contributed by atoms with Gasteiger partial charge in [-0.05, 0) is 61.7 Å². The number of carbonyl (C=O) groups excluding carboxylic acids is 1. The van der Waals surface area contributed by atoms with Crippen LogP contribution in [0.4, 0.5) is 5.69 Å². The van der Waals surface area contributed by atoms with Gasteiger partial charge in [-0.1, -0.05) is 25.0 Å². The molecule has 0 bridgehead atoms. The Morgan fingerprint density at radius 1 is 1.08 bits per heavy atom. The maximum atomic E-state index is 12.8. The number of sulfonamides is 1. The number of aryl methyl sites for hydroxylation is 1. The molecule has 1 aliphatic carbocycles. The Balaban J connectivity index is 1.74. The van der Waals surface area contributed by atoms with Gasteiger partial charge in [0.1, 0.15) is 0 Å². The molecule has 1 saturated carbocycles. The van der Waals surface area contributed by atoms with Crippen LogP contribution in [0.5, 0.6) is 0 Å². The third-order valence-corrected chi connectivity index (χ3v) is 6.83. The number of nitrogens with zero attached hydrogens (tertiary/aromatic N) is 1. The van der Waals surface area contributed by atoms with Crippen molar-refractivity contribution in [3.05, 3.63) is 59.7 Å². The maximum Gasteiger partial charge on any atom is 0.255 e. The minimum absolute atomic E-state index is 0.0734. The first kappa shape index (κ1) is 18.6. The largest absolute Gasteiger partial charge is 0.322 e. The number of nitrogens with one attached hydrogen (secondary N) is 1. The van der Waals surface area contributed by atoms with Crippen molar-refractivity contribution in [3.63, 3.8) is 0 Å². The van der Waals surface area contributed by atoms with E-state index in [-0.39, 0.29) is 16.8 Å². The minimum Gasteiger partial charge on any atom is -0.322 e. The van der Waals surface area contributed by atoms with Crippen molar-refractivity contribution in [1.29, 1.82) is 0 Å². The first-order valence-corrected chi connectivity index (χ1v) is 10.3. The van der Waals surface area contributed by atoms with Gasteiger partial charge in [0.15, 0.2) is 0 Å². The predicted octanol–water partition coefficient (Wildman–Crippen LogP) is 3.81. The summed E-state index contributed by atoms with van der Waals surface area (Å²) < 4.78 is 27.0. The lowest BCUT2D eigenvalue weighted by Crippen LogP contribution is -2.35. The van der Waals surface area contributed by atoms with Crippen molar-refractivity contribution in [2.45, 2.75) is 43.5 Å². The average molecular weight is 372 g/mol. The smallest absolute Gasteiger partial charge is 0.255 e. The molecule has 0 heterocycles. The second kappa shape index (κ2) is 7.60. The van der Waals surface area contributed by atoms with Gasteiger partial charge < -0.3 is 5.32 Å². The van der Waals surface area contributed by atoms with Gasteiger partial charge in [-0.3, -0.25) is 4.79 Å². The lowest BCUT2D eigenvalue weighted by Gasteiger charge is -2.23. The molecule has 6 heteroatoms. The molecule has 3 rings (SSSR count). The molecule has 0 spiro atoms. The van der Waals surface area contributed by atoms with Crippen LogP contribution in [0.15, 0.2) is 53.4 Å². The molecule has 1 amide bonds. The highest BCUT2D eigenvalue weighted by Gasteiger charge is 2.30. The van der Waals surface area contributed by atoms with Gasteiger partial charge in [0.2, 0.25) is 10.0 Å². The van der Waals surface area contributed by atoms with E-state index >= 15 is 0 Å². The van der Waals surface area contributed by atoms with E-state index in [1.54, 1.807) is 19.2 Å². The van der Waals surface area contributed by atoms with Gasteiger partial charge in [0, 0.05) is 24.3 Å². The van der Waals surface area contributed by atoms with Gasteiger partial charge in [-0.25, -0.2) is 8.42 Å². The van der Waals surface area contributed by atoms with E-state index in [0.29, 0.717) is 11.3 Å². The SMILES string of the molecule is Cc1cccc(NC(=O)c2ccc(S(=O)(=O)N(C)C3CCCC3)cc2)c1. The molecule has 0 unspecified atom stereocenters. The standard InChI is InChI=1S/C20H24N2O3S/c1-15-6-5-7-17(14-15)21-20(23)16-10-12-19(13-11-16)26(24,25)22(2)18-8-3-4-9-18/h5-7,10-14,18H,3-4,8-9H2,1-2H3,(H,21,23). The van der Waals surface area contributed by atoms with Gasteiger partial charge >= 0.3 is 0 Å². The maximum absolute atomic E-state index is 12.8. The molecule has 5 nitrogen and oxygen atoms in total. The number of amides is 1. The summed E-state index contributed by atoms with van der Waals surface area (Å²) in [6.45, 7) is 1.95. The Morgan fingerprint density at radius 3 is 2.35 bits per heavy atom. The Bertz CT molecular complexity index is 886. The fourth-order valence-corrected chi connectivity index (χ4v) is 4.75. The lowest BCUT2D eigenvalue weighted by atomic mass is 10.2. The molecule has 26 heavy (non-hydrogen) atoms. The molecule has 2 aromatic rings. The molecule has 138 valence electrons. The third-order valence-electron chi connectivity index (χ3n) is 4.91. The highest BCUT2D eigenvalue weighted by Crippen LogP contribution is 2.27. The zero-order valence-electron chi connectivity index (χ0n) is 15.1. The van der Waals surface area contributed by atoms with E-state index in [1.165, 1.54) is 16.4 Å². The summed E-state index contributed by atoms with van der Waals surface area (Å²) in [7, 11) is -1.89. The predicted molar refractivity (Wildman–Crippen MR) is 103 cm³/mol. The minimum atomic E-state index is -3.53. The second-order valence-corrected chi connectivity index (χ2v) is 8.81. The number of hydrogen-bond donors (Lipinski definition) is 1. The van der Waals surface area contributed by atoms with Gasteiger partial charge in [-0.15, -0.1) is 0 Å². The van der Waals surface area contributed by atoms with Crippen molar-refractivity contribution < 1.29 is 13.2 Å². The summed E-state index contributed by atoms with van der Waals surface area (Å²) in [5, 5.41) is 2.83. The van der Waals surface area contributed by atoms with E-state index in [0.717, 1.165) is 31.2 Å².